The van der Waals surface area contributed by atoms with Gasteiger partial charge in [0.05, 0.1) is 28.8 Å². The molecule has 2 spiro atoms. The van der Waals surface area contributed by atoms with Crippen LogP contribution in [0.15, 0.2) is 24.3 Å². The van der Waals surface area contributed by atoms with E-state index in [1.165, 1.54) is 24.3 Å². The molecule has 6 rings (SSSR count). The van der Waals surface area contributed by atoms with Gasteiger partial charge < -0.3 is 29.5 Å². The van der Waals surface area contributed by atoms with Crippen LogP contribution in [0.25, 0.3) is 0 Å². The van der Waals surface area contributed by atoms with Crippen LogP contribution in [0.1, 0.15) is 106 Å². The Morgan fingerprint density at radius 2 is 1.73 bits per heavy atom. The number of hydrogen-bond donors (Lipinski definition) is 3. The summed E-state index contributed by atoms with van der Waals surface area (Å²) in [5.41, 5.74) is -1.23. The zero-order valence-electron chi connectivity index (χ0n) is 29.8. The van der Waals surface area contributed by atoms with E-state index in [2.05, 4.69) is 27.7 Å². The van der Waals surface area contributed by atoms with E-state index in [0.717, 1.165) is 51.4 Å². The summed E-state index contributed by atoms with van der Waals surface area (Å²) in [6.45, 7) is 15.2. The summed E-state index contributed by atoms with van der Waals surface area (Å²) in [4.78, 5) is 23.4. The van der Waals surface area contributed by atoms with Gasteiger partial charge in [-0.15, -0.1) is 0 Å². The minimum absolute atomic E-state index is 0.00371. The number of benzene rings is 1. The third kappa shape index (κ3) is 5.22. The van der Waals surface area contributed by atoms with Crippen molar-refractivity contribution in [2.45, 2.75) is 136 Å². The van der Waals surface area contributed by atoms with Crippen LogP contribution < -0.4 is 4.74 Å². The first-order valence-electron chi connectivity index (χ1n) is 18.3. The standard InChI is InChI=1S/C38H57NO9/c1-8-46-29(35(5,6)43)11-9-10-26-31(40)32(41)30-25-16-17-27-34(3,4)28(48-33(42)47-24-14-12-23(13-15-24)39(44)45)18-19-38(27)22(2)37(25,38)21-20-36(26,30)7/h12-15,22,25-32,40-41,43H,8-11,16-21H2,1-7H3/t22-,25-,26-,27?,28-,29-,30?,31-,32+,36+,37-,38?/m0/s1. The number of rotatable bonds is 10. The monoisotopic (exact) mass is 671 g/mol. The maximum atomic E-state index is 12.9. The van der Waals surface area contributed by atoms with Crippen LogP contribution in [0.4, 0.5) is 10.5 Å². The Kier molecular flexibility index (Phi) is 9.04. The molecule has 0 heterocycles. The van der Waals surface area contributed by atoms with Crippen LogP contribution in [0.2, 0.25) is 0 Å². The van der Waals surface area contributed by atoms with Crippen LogP contribution in [-0.4, -0.2) is 63.0 Å². The van der Waals surface area contributed by atoms with Gasteiger partial charge in [0.1, 0.15) is 11.9 Å². The van der Waals surface area contributed by atoms with Crippen LogP contribution in [0.5, 0.6) is 5.75 Å². The van der Waals surface area contributed by atoms with Gasteiger partial charge in [0.25, 0.3) is 5.69 Å². The number of ether oxygens (including phenoxy) is 3. The fourth-order valence-electron chi connectivity index (χ4n) is 12.7. The van der Waals surface area contributed by atoms with Gasteiger partial charge in [-0.2, -0.15) is 0 Å². The molecule has 0 aliphatic heterocycles. The summed E-state index contributed by atoms with van der Waals surface area (Å²) in [5, 5.41) is 45.0. The van der Waals surface area contributed by atoms with Crippen molar-refractivity contribution < 1.29 is 39.2 Å². The summed E-state index contributed by atoms with van der Waals surface area (Å²) in [7, 11) is 0. The number of aliphatic hydroxyl groups is 3. The zero-order valence-corrected chi connectivity index (χ0v) is 29.8. The van der Waals surface area contributed by atoms with Gasteiger partial charge in [-0.25, -0.2) is 4.79 Å². The predicted octanol–water partition coefficient (Wildman–Crippen LogP) is 7.06. The fourth-order valence-corrected chi connectivity index (χ4v) is 12.7. The lowest BCUT2D eigenvalue weighted by molar-refractivity contribution is -0.384. The molecule has 48 heavy (non-hydrogen) atoms. The minimum atomic E-state index is -0.937. The molecule has 5 aliphatic carbocycles. The number of fused-ring (bicyclic) bond motifs is 2. The normalized spacial score (nSPS) is 41.6. The Bertz CT molecular complexity index is 1370. The maximum Gasteiger partial charge on any atom is 0.514 e. The molecule has 0 aromatic heterocycles. The summed E-state index contributed by atoms with van der Waals surface area (Å²) in [6.07, 6.45) is 5.20. The molecule has 0 bridgehead atoms. The molecule has 10 heteroatoms. The van der Waals surface area contributed by atoms with E-state index in [9.17, 15) is 30.2 Å². The number of aliphatic hydroxyl groups excluding tert-OH is 2. The van der Waals surface area contributed by atoms with Gasteiger partial charge in [-0.05, 0) is 130 Å². The van der Waals surface area contributed by atoms with Gasteiger partial charge in [-0.3, -0.25) is 10.1 Å². The summed E-state index contributed by atoms with van der Waals surface area (Å²) >= 11 is 0. The first-order chi connectivity index (χ1) is 22.5. The van der Waals surface area contributed by atoms with E-state index in [-0.39, 0.29) is 57.1 Å². The highest BCUT2D eigenvalue weighted by Gasteiger charge is 2.85. The van der Waals surface area contributed by atoms with E-state index in [0.29, 0.717) is 30.8 Å². The highest BCUT2D eigenvalue weighted by molar-refractivity contribution is 5.64. The van der Waals surface area contributed by atoms with Crippen molar-refractivity contribution in [2.24, 2.45) is 51.2 Å². The van der Waals surface area contributed by atoms with Gasteiger partial charge in [0.2, 0.25) is 0 Å². The van der Waals surface area contributed by atoms with Gasteiger partial charge >= 0.3 is 6.16 Å². The van der Waals surface area contributed by atoms with Crippen molar-refractivity contribution in [3.63, 3.8) is 0 Å². The number of carbonyl (C=O) groups excluding carboxylic acids is 1. The quantitative estimate of drug-likeness (QED) is 0.103. The molecule has 1 aromatic rings. The lowest BCUT2D eigenvalue weighted by atomic mass is 9.46. The largest absolute Gasteiger partial charge is 0.514 e. The Morgan fingerprint density at radius 3 is 2.35 bits per heavy atom. The molecule has 5 aliphatic rings. The lowest BCUT2D eigenvalue weighted by Gasteiger charge is -2.59. The van der Waals surface area contributed by atoms with Crippen LogP contribution >= 0.6 is 0 Å². The summed E-state index contributed by atoms with van der Waals surface area (Å²) < 4.78 is 17.3. The average molecular weight is 672 g/mol. The molecule has 0 radical (unpaired) electrons. The topological polar surface area (TPSA) is 149 Å². The minimum Gasteiger partial charge on any atom is -0.430 e. The predicted molar refractivity (Wildman–Crippen MR) is 179 cm³/mol. The third-order valence-corrected chi connectivity index (χ3v) is 14.8. The van der Waals surface area contributed by atoms with Crippen molar-refractivity contribution >= 4 is 11.8 Å². The highest BCUT2D eigenvalue weighted by atomic mass is 16.7. The molecule has 12 atom stereocenters. The molecule has 5 fully saturated rings. The fraction of sp³-hybridized carbons (Fsp3) is 0.816. The number of nitro groups is 1. The van der Waals surface area contributed by atoms with Crippen LogP contribution in [0.3, 0.4) is 0 Å². The first-order valence-corrected chi connectivity index (χ1v) is 18.3. The van der Waals surface area contributed by atoms with Crippen molar-refractivity contribution in [1.29, 1.82) is 0 Å². The molecular formula is C38H57NO9. The molecule has 1 aromatic carbocycles. The summed E-state index contributed by atoms with van der Waals surface area (Å²) in [5.74, 6) is 1.43. The number of hydrogen-bond acceptors (Lipinski definition) is 9. The highest BCUT2D eigenvalue weighted by Crippen LogP contribution is 2.89. The molecule has 3 unspecified atom stereocenters. The van der Waals surface area contributed by atoms with E-state index < -0.39 is 28.9 Å². The molecule has 5 saturated carbocycles. The van der Waals surface area contributed by atoms with E-state index in [1.54, 1.807) is 13.8 Å². The van der Waals surface area contributed by atoms with Gasteiger partial charge in [-0.1, -0.05) is 34.1 Å². The van der Waals surface area contributed by atoms with Crippen molar-refractivity contribution in [3.8, 4) is 5.75 Å². The smallest absolute Gasteiger partial charge is 0.430 e. The number of nitrogens with zero attached hydrogens (tertiary/aromatic N) is 1. The van der Waals surface area contributed by atoms with Crippen molar-refractivity contribution in [1.82, 2.24) is 0 Å². The first kappa shape index (κ1) is 35.6. The SMILES string of the molecule is CCO[C@@H](CCC[C@H]1[C@H](O)[C@H](O)C2[C@@H]3CCC4C(C)(C)[C@@H](OC(=O)Oc5ccc([N+](=O)[O-])cc5)CCC45[C@@H](C)[C@@]35CC[C@@]21C)C(C)(C)O. The molecule has 268 valence electrons. The van der Waals surface area contributed by atoms with Gasteiger partial charge in [0, 0.05) is 24.2 Å². The van der Waals surface area contributed by atoms with Crippen molar-refractivity contribution in [3.05, 3.63) is 34.4 Å². The number of non-ortho nitro benzene ring substituents is 1. The van der Waals surface area contributed by atoms with E-state index in [4.69, 9.17) is 14.2 Å². The Balaban J connectivity index is 1.15. The molecular weight excluding hydrogens is 614 g/mol. The number of nitro benzene ring substituents is 1. The Morgan fingerprint density at radius 1 is 1.04 bits per heavy atom. The van der Waals surface area contributed by atoms with Gasteiger partial charge in [0.15, 0.2) is 0 Å². The molecule has 0 saturated heterocycles. The van der Waals surface area contributed by atoms with Crippen LogP contribution in [-0.2, 0) is 9.47 Å². The zero-order chi connectivity index (χ0) is 35.0. The Hall–Kier alpha value is -2.27. The van der Waals surface area contributed by atoms with Crippen LogP contribution in [0, 0.1) is 61.4 Å². The van der Waals surface area contributed by atoms with E-state index in [1.807, 2.05) is 6.92 Å². The lowest BCUT2D eigenvalue weighted by Crippen LogP contribution is -2.56. The molecule has 0 amide bonds. The Labute approximate surface area is 285 Å². The third-order valence-electron chi connectivity index (χ3n) is 14.8. The second kappa shape index (κ2) is 12.2. The van der Waals surface area contributed by atoms with E-state index >= 15 is 0 Å². The second-order valence-electron chi connectivity index (χ2n) is 17.3. The average Bonchev–Trinajstić information content (AvgIpc) is 3.47. The molecule has 10 nitrogen and oxygen atoms in total. The number of carbonyl (C=O) groups is 1. The second-order valence-corrected chi connectivity index (χ2v) is 17.3. The summed E-state index contributed by atoms with van der Waals surface area (Å²) in [6, 6.07) is 5.41. The van der Waals surface area contributed by atoms with Crippen molar-refractivity contribution in [2.75, 3.05) is 6.61 Å². The molecule has 3 N–H and O–H groups in total. The maximum absolute atomic E-state index is 12.9.